The Bertz CT molecular complexity index is 956. The van der Waals surface area contributed by atoms with Crippen LogP contribution in [-0.4, -0.2) is 28.8 Å². The lowest BCUT2D eigenvalue weighted by molar-refractivity contribution is 0.0588. The predicted octanol–water partition coefficient (Wildman–Crippen LogP) is 3.29. The van der Waals surface area contributed by atoms with E-state index in [-0.39, 0.29) is 11.6 Å². The average Bonchev–Trinajstić information content (AvgIpc) is 3.07. The minimum atomic E-state index is -0.501. The van der Waals surface area contributed by atoms with Crippen LogP contribution in [0.4, 0.5) is 5.82 Å². The molecule has 3 rings (SSSR count). The molecule has 7 heteroatoms. The van der Waals surface area contributed by atoms with Gasteiger partial charge in [-0.3, -0.25) is 9.48 Å². The smallest absolute Gasteiger partial charge is 0.356 e. The molecule has 124 valence electrons. The van der Waals surface area contributed by atoms with E-state index in [1.54, 1.807) is 7.05 Å². The lowest BCUT2D eigenvalue weighted by Crippen LogP contribution is -2.12. The number of fused-ring (bicyclic) bond motifs is 1. The fourth-order valence-electron chi connectivity index (χ4n) is 2.55. The standard InChI is InChI=1S/C17H17N3O3S/c1-9-5-6-13-11(7-9)10(2)15(24-13)16(21)18-14-8-12(17(22)23-4)20(3)19-14/h5-8H,1-4H3,(H,18,19,21). The van der Waals surface area contributed by atoms with Crippen molar-refractivity contribution < 1.29 is 14.3 Å². The quantitative estimate of drug-likeness (QED) is 0.741. The maximum Gasteiger partial charge on any atom is 0.356 e. The highest BCUT2D eigenvalue weighted by Crippen LogP contribution is 2.32. The Morgan fingerprint density at radius 1 is 1.25 bits per heavy atom. The van der Waals surface area contributed by atoms with Gasteiger partial charge in [-0.1, -0.05) is 17.7 Å². The number of benzene rings is 1. The van der Waals surface area contributed by atoms with Crippen LogP contribution in [0.25, 0.3) is 10.1 Å². The van der Waals surface area contributed by atoms with Crippen molar-refractivity contribution in [2.45, 2.75) is 13.8 Å². The lowest BCUT2D eigenvalue weighted by atomic mass is 10.1. The monoisotopic (exact) mass is 343 g/mol. The van der Waals surface area contributed by atoms with Gasteiger partial charge in [0.15, 0.2) is 5.82 Å². The molecule has 0 unspecified atom stereocenters. The van der Waals surface area contributed by atoms with Gasteiger partial charge in [0.05, 0.1) is 12.0 Å². The SMILES string of the molecule is COC(=O)c1cc(NC(=O)c2sc3ccc(C)cc3c2C)nn1C. The molecular weight excluding hydrogens is 326 g/mol. The molecule has 6 nitrogen and oxygen atoms in total. The Labute approximate surface area is 143 Å². The molecule has 0 aliphatic rings. The number of amides is 1. The van der Waals surface area contributed by atoms with Crippen LogP contribution in [0.1, 0.15) is 31.3 Å². The largest absolute Gasteiger partial charge is 0.464 e. The molecule has 0 radical (unpaired) electrons. The second-order valence-electron chi connectivity index (χ2n) is 5.54. The number of aromatic nitrogens is 2. The van der Waals surface area contributed by atoms with E-state index in [4.69, 9.17) is 0 Å². The summed E-state index contributed by atoms with van der Waals surface area (Å²) in [4.78, 5) is 24.8. The van der Waals surface area contributed by atoms with Crippen molar-refractivity contribution in [1.82, 2.24) is 9.78 Å². The number of aryl methyl sites for hydroxylation is 3. The highest BCUT2D eigenvalue weighted by atomic mass is 32.1. The van der Waals surface area contributed by atoms with Crippen molar-refractivity contribution in [2.24, 2.45) is 7.05 Å². The third kappa shape index (κ3) is 2.78. The van der Waals surface area contributed by atoms with Crippen molar-refractivity contribution in [3.63, 3.8) is 0 Å². The molecule has 0 saturated carbocycles. The van der Waals surface area contributed by atoms with Crippen LogP contribution < -0.4 is 5.32 Å². The van der Waals surface area contributed by atoms with Crippen LogP contribution in [0.2, 0.25) is 0 Å². The number of carbonyl (C=O) groups excluding carboxylic acids is 2. The van der Waals surface area contributed by atoms with Crippen LogP contribution in [0.15, 0.2) is 24.3 Å². The lowest BCUT2D eigenvalue weighted by Gasteiger charge is -2.00. The van der Waals surface area contributed by atoms with Crippen molar-refractivity contribution in [3.8, 4) is 0 Å². The minimum Gasteiger partial charge on any atom is -0.464 e. The highest BCUT2D eigenvalue weighted by Gasteiger charge is 2.19. The molecule has 0 bridgehead atoms. The Kier molecular flexibility index (Phi) is 4.11. The number of rotatable bonds is 3. The summed E-state index contributed by atoms with van der Waals surface area (Å²) in [6.07, 6.45) is 0. The van der Waals surface area contributed by atoms with Gasteiger partial charge >= 0.3 is 5.97 Å². The summed E-state index contributed by atoms with van der Waals surface area (Å²) in [5, 5.41) is 7.96. The number of hydrogen-bond acceptors (Lipinski definition) is 5. The summed E-state index contributed by atoms with van der Waals surface area (Å²) in [6, 6.07) is 7.63. The van der Waals surface area contributed by atoms with E-state index in [1.165, 1.54) is 29.2 Å². The molecule has 2 aromatic heterocycles. The van der Waals surface area contributed by atoms with E-state index in [0.29, 0.717) is 10.7 Å². The number of nitrogens with one attached hydrogen (secondary N) is 1. The first-order chi connectivity index (χ1) is 11.4. The number of ether oxygens (including phenoxy) is 1. The van der Waals surface area contributed by atoms with Crippen LogP contribution >= 0.6 is 11.3 Å². The van der Waals surface area contributed by atoms with E-state index in [1.807, 2.05) is 26.0 Å². The van der Waals surface area contributed by atoms with Gasteiger partial charge in [-0.2, -0.15) is 5.10 Å². The summed E-state index contributed by atoms with van der Waals surface area (Å²) in [5.74, 6) is -0.421. The van der Waals surface area contributed by atoms with Crippen LogP contribution in [0.5, 0.6) is 0 Å². The number of carbonyl (C=O) groups is 2. The maximum absolute atomic E-state index is 12.6. The Morgan fingerprint density at radius 2 is 2.00 bits per heavy atom. The molecule has 0 fully saturated rings. The first-order valence-corrected chi connectivity index (χ1v) is 8.16. The number of thiophene rings is 1. The second-order valence-corrected chi connectivity index (χ2v) is 6.59. The number of hydrogen-bond donors (Lipinski definition) is 1. The molecule has 0 atom stereocenters. The zero-order valence-corrected chi connectivity index (χ0v) is 14.7. The van der Waals surface area contributed by atoms with Gasteiger partial charge in [-0.25, -0.2) is 4.79 Å². The number of methoxy groups -OCH3 is 1. The van der Waals surface area contributed by atoms with Gasteiger partial charge in [0.25, 0.3) is 5.91 Å². The van der Waals surface area contributed by atoms with E-state index >= 15 is 0 Å². The zero-order chi connectivity index (χ0) is 17.4. The molecule has 3 aromatic rings. The van der Waals surface area contributed by atoms with Crippen LogP contribution in [0, 0.1) is 13.8 Å². The molecule has 0 aliphatic heterocycles. The van der Waals surface area contributed by atoms with Gasteiger partial charge in [-0.15, -0.1) is 11.3 Å². The molecular formula is C17H17N3O3S. The number of nitrogens with zero attached hydrogens (tertiary/aromatic N) is 2. The maximum atomic E-state index is 12.6. The summed E-state index contributed by atoms with van der Waals surface area (Å²) < 4.78 is 7.13. The molecule has 1 aromatic carbocycles. The molecule has 0 saturated heterocycles. The topological polar surface area (TPSA) is 73.2 Å². The predicted molar refractivity (Wildman–Crippen MR) is 93.8 cm³/mol. The van der Waals surface area contributed by atoms with Gasteiger partial charge in [-0.05, 0) is 30.9 Å². The number of anilines is 1. The molecule has 24 heavy (non-hydrogen) atoms. The summed E-state index contributed by atoms with van der Waals surface area (Å²) in [5.41, 5.74) is 2.37. The van der Waals surface area contributed by atoms with Crippen molar-refractivity contribution in [1.29, 1.82) is 0 Å². The second kappa shape index (κ2) is 6.09. The molecule has 2 heterocycles. The van der Waals surface area contributed by atoms with Gasteiger partial charge in [0.2, 0.25) is 0 Å². The normalized spacial score (nSPS) is 10.8. The highest BCUT2D eigenvalue weighted by molar-refractivity contribution is 7.21. The van der Waals surface area contributed by atoms with Crippen molar-refractivity contribution >= 4 is 39.1 Å². The molecule has 0 spiro atoms. The third-order valence-corrected chi connectivity index (χ3v) is 5.09. The fourth-order valence-corrected chi connectivity index (χ4v) is 3.63. The van der Waals surface area contributed by atoms with E-state index < -0.39 is 5.97 Å². The van der Waals surface area contributed by atoms with E-state index in [2.05, 4.69) is 21.2 Å². The Morgan fingerprint density at radius 3 is 2.71 bits per heavy atom. The number of esters is 1. The van der Waals surface area contributed by atoms with Crippen LogP contribution in [0.3, 0.4) is 0 Å². The van der Waals surface area contributed by atoms with Gasteiger partial charge in [0.1, 0.15) is 5.69 Å². The van der Waals surface area contributed by atoms with E-state index in [9.17, 15) is 9.59 Å². The van der Waals surface area contributed by atoms with E-state index in [0.717, 1.165) is 21.2 Å². The summed E-state index contributed by atoms with van der Waals surface area (Å²) in [7, 11) is 2.92. The molecule has 1 N–H and O–H groups in total. The Balaban J connectivity index is 1.90. The van der Waals surface area contributed by atoms with Gasteiger partial charge in [0, 0.05) is 17.8 Å². The molecule has 0 aliphatic carbocycles. The first kappa shape index (κ1) is 16.2. The summed E-state index contributed by atoms with van der Waals surface area (Å²) in [6.45, 7) is 3.96. The van der Waals surface area contributed by atoms with Crippen LogP contribution in [-0.2, 0) is 11.8 Å². The molecule has 1 amide bonds. The fraction of sp³-hybridized carbons (Fsp3) is 0.235. The Hall–Kier alpha value is -2.67. The zero-order valence-electron chi connectivity index (χ0n) is 13.8. The van der Waals surface area contributed by atoms with Crippen molar-refractivity contribution in [3.05, 3.63) is 46.0 Å². The average molecular weight is 343 g/mol. The third-order valence-electron chi connectivity index (χ3n) is 3.81. The minimum absolute atomic E-state index is 0.235. The summed E-state index contributed by atoms with van der Waals surface area (Å²) >= 11 is 1.44. The first-order valence-electron chi connectivity index (χ1n) is 7.34. The van der Waals surface area contributed by atoms with Crippen molar-refractivity contribution in [2.75, 3.05) is 12.4 Å². The van der Waals surface area contributed by atoms with Gasteiger partial charge < -0.3 is 10.1 Å².